The first kappa shape index (κ1) is 15.0. The molecule has 0 aliphatic carbocycles. The number of hydrogen-bond acceptors (Lipinski definition) is 4. The summed E-state index contributed by atoms with van der Waals surface area (Å²) in [6, 6.07) is 6.83. The molecule has 0 aliphatic rings. The molecule has 0 aromatic heterocycles. The van der Waals surface area contributed by atoms with Crippen LogP contribution >= 0.6 is 0 Å². The molecule has 2 amide bonds. The molecule has 1 rings (SSSR count). The van der Waals surface area contributed by atoms with E-state index in [4.69, 9.17) is 5.73 Å². The average molecular weight is 265 g/mol. The van der Waals surface area contributed by atoms with E-state index in [-0.39, 0.29) is 11.8 Å². The lowest BCUT2D eigenvalue weighted by molar-refractivity contribution is -0.116. The highest BCUT2D eigenvalue weighted by molar-refractivity contribution is 5.92. The van der Waals surface area contributed by atoms with Crippen LogP contribution < -0.4 is 16.4 Å². The third-order valence-electron chi connectivity index (χ3n) is 2.51. The number of rotatable bonds is 5. The van der Waals surface area contributed by atoms with E-state index in [1.165, 1.54) is 7.11 Å². The molecule has 0 saturated carbocycles. The zero-order valence-corrected chi connectivity index (χ0v) is 11.1. The molecule has 1 aromatic carbocycles. The SMILES string of the molecule is COC(=O)Nc1cccc(NC(=O)CC(C)CN)c1. The van der Waals surface area contributed by atoms with Gasteiger partial charge in [0.05, 0.1) is 7.11 Å². The lowest BCUT2D eigenvalue weighted by Gasteiger charge is -2.10. The van der Waals surface area contributed by atoms with Gasteiger partial charge in [-0.3, -0.25) is 10.1 Å². The van der Waals surface area contributed by atoms with Crippen molar-refractivity contribution in [2.24, 2.45) is 11.7 Å². The number of hydrogen-bond donors (Lipinski definition) is 3. The van der Waals surface area contributed by atoms with Gasteiger partial charge in [-0.05, 0) is 30.7 Å². The van der Waals surface area contributed by atoms with Gasteiger partial charge in [-0.25, -0.2) is 4.79 Å². The molecule has 104 valence electrons. The minimum absolute atomic E-state index is 0.104. The minimum Gasteiger partial charge on any atom is -0.453 e. The Balaban J connectivity index is 2.61. The van der Waals surface area contributed by atoms with Crippen LogP contribution in [0, 0.1) is 5.92 Å². The molecule has 6 heteroatoms. The topological polar surface area (TPSA) is 93.5 Å². The molecule has 1 unspecified atom stereocenters. The largest absolute Gasteiger partial charge is 0.453 e. The Bertz CT molecular complexity index is 449. The lowest BCUT2D eigenvalue weighted by atomic mass is 10.1. The summed E-state index contributed by atoms with van der Waals surface area (Å²) < 4.78 is 4.49. The molecule has 0 spiro atoms. The van der Waals surface area contributed by atoms with Crippen LogP contribution in [0.1, 0.15) is 13.3 Å². The number of nitrogens with two attached hydrogens (primary N) is 1. The van der Waals surface area contributed by atoms with Crippen molar-refractivity contribution < 1.29 is 14.3 Å². The number of ether oxygens (including phenoxy) is 1. The summed E-state index contributed by atoms with van der Waals surface area (Å²) in [6.07, 6.45) is -0.189. The van der Waals surface area contributed by atoms with Crippen molar-refractivity contribution in [1.29, 1.82) is 0 Å². The molecule has 0 fully saturated rings. The Morgan fingerprint density at radius 1 is 1.32 bits per heavy atom. The van der Waals surface area contributed by atoms with Gasteiger partial charge in [0.25, 0.3) is 0 Å². The molecule has 19 heavy (non-hydrogen) atoms. The van der Waals surface area contributed by atoms with Gasteiger partial charge in [0, 0.05) is 17.8 Å². The standard InChI is InChI=1S/C13H19N3O3/c1-9(8-14)6-12(17)15-10-4-3-5-11(7-10)16-13(18)19-2/h3-5,7,9H,6,8,14H2,1-2H3,(H,15,17)(H,16,18). The van der Waals surface area contributed by atoms with Crippen LogP contribution in [-0.2, 0) is 9.53 Å². The molecule has 0 bridgehead atoms. The first-order valence-electron chi connectivity index (χ1n) is 6.00. The van der Waals surface area contributed by atoms with Crippen molar-refractivity contribution in [3.05, 3.63) is 24.3 Å². The van der Waals surface area contributed by atoms with Gasteiger partial charge in [-0.1, -0.05) is 13.0 Å². The zero-order chi connectivity index (χ0) is 14.3. The molecule has 0 heterocycles. The van der Waals surface area contributed by atoms with Crippen molar-refractivity contribution in [2.75, 3.05) is 24.3 Å². The molecule has 6 nitrogen and oxygen atoms in total. The highest BCUT2D eigenvalue weighted by Crippen LogP contribution is 2.16. The van der Waals surface area contributed by atoms with Gasteiger partial charge in [0.1, 0.15) is 0 Å². The Morgan fingerprint density at radius 2 is 1.95 bits per heavy atom. The fourth-order valence-corrected chi connectivity index (χ4v) is 1.46. The maximum absolute atomic E-state index is 11.7. The number of methoxy groups -OCH3 is 1. The maximum Gasteiger partial charge on any atom is 0.411 e. The van der Waals surface area contributed by atoms with E-state index in [0.29, 0.717) is 24.3 Å². The van der Waals surface area contributed by atoms with Crippen LogP contribution in [-0.4, -0.2) is 25.7 Å². The molecular formula is C13H19N3O3. The summed E-state index contributed by atoms with van der Waals surface area (Å²) in [5.74, 6) is 0.0320. The monoisotopic (exact) mass is 265 g/mol. The van der Waals surface area contributed by atoms with E-state index < -0.39 is 6.09 Å². The Hall–Kier alpha value is -2.08. The van der Waals surface area contributed by atoms with Crippen LogP contribution in [0.3, 0.4) is 0 Å². The highest BCUT2D eigenvalue weighted by Gasteiger charge is 2.08. The second-order valence-corrected chi connectivity index (χ2v) is 4.29. The van der Waals surface area contributed by atoms with Crippen molar-refractivity contribution in [2.45, 2.75) is 13.3 Å². The fraction of sp³-hybridized carbons (Fsp3) is 0.385. The highest BCUT2D eigenvalue weighted by atomic mass is 16.5. The van der Waals surface area contributed by atoms with Crippen LogP contribution in [0.5, 0.6) is 0 Å². The maximum atomic E-state index is 11.7. The molecule has 0 saturated heterocycles. The zero-order valence-electron chi connectivity index (χ0n) is 11.1. The summed E-state index contributed by atoms with van der Waals surface area (Å²) in [4.78, 5) is 22.8. The van der Waals surface area contributed by atoms with E-state index in [0.717, 1.165) is 0 Å². The number of anilines is 2. The molecular weight excluding hydrogens is 246 g/mol. The summed E-state index contributed by atoms with van der Waals surface area (Å²) in [5.41, 5.74) is 6.63. The van der Waals surface area contributed by atoms with Crippen molar-refractivity contribution in [3.63, 3.8) is 0 Å². The van der Waals surface area contributed by atoms with Gasteiger partial charge in [0.15, 0.2) is 0 Å². The van der Waals surface area contributed by atoms with Crippen molar-refractivity contribution in [1.82, 2.24) is 0 Å². The van der Waals surface area contributed by atoms with E-state index in [2.05, 4.69) is 15.4 Å². The van der Waals surface area contributed by atoms with Crippen LogP contribution in [0.2, 0.25) is 0 Å². The molecule has 1 aromatic rings. The summed E-state index contributed by atoms with van der Waals surface area (Å²) >= 11 is 0. The van der Waals surface area contributed by atoms with Crippen LogP contribution in [0.15, 0.2) is 24.3 Å². The van der Waals surface area contributed by atoms with Gasteiger partial charge >= 0.3 is 6.09 Å². The van der Waals surface area contributed by atoms with E-state index in [1.807, 2.05) is 6.92 Å². The van der Waals surface area contributed by atoms with Crippen LogP contribution in [0.4, 0.5) is 16.2 Å². The van der Waals surface area contributed by atoms with E-state index in [9.17, 15) is 9.59 Å². The molecule has 0 aliphatic heterocycles. The predicted octanol–water partition coefficient (Wildman–Crippen LogP) is 1.79. The summed E-state index contributed by atoms with van der Waals surface area (Å²) in [5, 5.41) is 5.28. The quantitative estimate of drug-likeness (QED) is 0.756. The number of carbonyl (C=O) groups is 2. The lowest BCUT2D eigenvalue weighted by Crippen LogP contribution is -2.20. The Labute approximate surface area is 112 Å². The summed E-state index contributed by atoms with van der Waals surface area (Å²) in [7, 11) is 1.29. The molecule has 4 N–H and O–H groups in total. The van der Waals surface area contributed by atoms with Crippen molar-refractivity contribution in [3.8, 4) is 0 Å². The Morgan fingerprint density at radius 3 is 2.53 bits per heavy atom. The van der Waals surface area contributed by atoms with Crippen molar-refractivity contribution >= 4 is 23.4 Å². The second-order valence-electron chi connectivity index (χ2n) is 4.29. The summed E-state index contributed by atoms with van der Waals surface area (Å²) in [6.45, 7) is 2.38. The number of amides is 2. The van der Waals surface area contributed by atoms with E-state index >= 15 is 0 Å². The van der Waals surface area contributed by atoms with Gasteiger partial charge < -0.3 is 15.8 Å². The second kappa shape index (κ2) is 7.38. The predicted molar refractivity (Wildman–Crippen MR) is 73.9 cm³/mol. The third-order valence-corrected chi connectivity index (χ3v) is 2.51. The smallest absolute Gasteiger partial charge is 0.411 e. The number of nitrogens with one attached hydrogen (secondary N) is 2. The first-order chi connectivity index (χ1) is 9.05. The first-order valence-corrected chi connectivity index (χ1v) is 6.00. The average Bonchev–Trinajstić information content (AvgIpc) is 2.38. The molecule has 1 atom stereocenters. The minimum atomic E-state index is -0.555. The third kappa shape index (κ3) is 5.39. The normalized spacial score (nSPS) is 11.5. The number of carbonyl (C=O) groups excluding carboxylic acids is 2. The Kier molecular flexibility index (Phi) is 5.81. The van der Waals surface area contributed by atoms with Gasteiger partial charge in [-0.2, -0.15) is 0 Å². The van der Waals surface area contributed by atoms with Gasteiger partial charge in [0.2, 0.25) is 5.91 Å². The fourth-order valence-electron chi connectivity index (χ4n) is 1.46. The molecule has 0 radical (unpaired) electrons. The number of benzene rings is 1. The van der Waals surface area contributed by atoms with Gasteiger partial charge in [-0.15, -0.1) is 0 Å². The van der Waals surface area contributed by atoms with Crippen LogP contribution in [0.25, 0.3) is 0 Å². The van der Waals surface area contributed by atoms with E-state index in [1.54, 1.807) is 24.3 Å².